The van der Waals surface area contributed by atoms with Crippen LogP contribution in [0.5, 0.6) is 0 Å². The minimum Gasteiger partial charge on any atom is -0.481 e. The average molecular weight is 258 g/mol. The van der Waals surface area contributed by atoms with E-state index in [-0.39, 0.29) is 5.92 Å². The van der Waals surface area contributed by atoms with Gasteiger partial charge in [0.1, 0.15) is 0 Å². The molecule has 0 heterocycles. The molecule has 0 bridgehead atoms. The molecule has 2 aromatic rings. The third kappa shape index (κ3) is 2.61. The fourth-order valence-electron chi connectivity index (χ4n) is 2.29. The fraction of sp³-hybridized carbons (Fsp3) is 0.312. The molecule has 19 heavy (non-hydrogen) atoms. The van der Waals surface area contributed by atoms with Crippen molar-refractivity contribution in [2.45, 2.75) is 20.0 Å². The number of rotatable bonds is 4. The molecule has 3 heteroatoms. The number of aliphatic carboxylic acids is 1. The normalized spacial score (nSPS) is 15.9. The van der Waals surface area contributed by atoms with Gasteiger partial charge in [0.2, 0.25) is 0 Å². The Labute approximate surface area is 112 Å². The predicted octanol–water partition coefficient (Wildman–Crippen LogP) is 3.23. The van der Waals surface area contributed by atoms with Crippen LogP contribution in [0.3, 0.4) is 0 Å². The molecular weight excluding hydrogens is 240 g/mol. The number of carboxylic acids is 1. The zero-order valence-electron chi connectivity index (χ0n) is 11.1. The molecule has 0 radical (unpaired) electrons. The SMILES string of the molecule is CC(C(=O)O)C(C)C(O)c1cccc2ccccc12. The van der Waals surface area contributed by atoms with Crippen molar-refractivity contribution in [3.05, 3.63) is 48.0 Å². The van der Waals surface area contributed by atoms with Gasteiger partial charge in [-0.1, -0.05) is 56.3 Å². The Morgan fingerprint density at radius 1 is 1.05 bits per heavy atom. The Kier molecular flexibility index (Phi) is 3.86. The Morgan fingerprint density at radius 2 is 1.68 bits per heavy atom. The van der Waals surface area contributed by atoms with E-state index in [0.29, 0.717) is 0 Å². The van der Waals surface area contributed by atoms with Crippen LogP contribution in [-0.4, -0.2) is 16.2 Å². The average Bonchev–Trinajstić information content (AvgIpc) is 2.44. The monoisotopic (exact) mass is 258 g/mol. The number of benzene rings is 2. The maximum Gasteiger partial charge on any atom is 0.306 e. The topological polar surface area (TPSA) is 57.5 Å². The van der Waals surface area contributed by atoms with Gasteiger partial charge >= 0.3 is 5.97 Å². The molecule has 2 aromatic carbocycles. The van der Waals surface area contributed by atoms with Crippen LogP contribution in [0.2, 0.25) is 0 Å². The van der Waals surface area contributed by atoms with Crippen LogP contribution >= 0.6 is 0 Å². The lowest BCUT2D eigenvalue weighted by Crippen LogP contribution is -2.24. The molecule has 100 valence electrons. The van der Waals surface area contributed by atoms with Gasteiger partial charge in [0.15, 0.2) is 0 Å². The maximum atomic E-state index is 11.0. The van der Waals surface area contributed by atoms with Crippen LogP contribution in [0.4, 0.5) is 0 Å². The van der Waals surface area contributed by atoms with Crippen LogP contribution in [-0.2, 0) is 4.79 Å². The van der Waals surface area contributed by atoms with Crippen molar-refractivity contribution in [1.29, 1.82) is 0 Å². The first-order valence-corrected chi connectivity index (χ1v) is 6.41. The van der Waals surface area contributed by atoms with Crippen molar-refractivity contribution in [3.8, 4) is 0 Å². The summed E-state index contributed by atoms with van der Waals surface area (Å²) < 4.78 is 0. The summed E-state index contributed by atoms with van der Waals surface area (Å²) in [7, 11) is 0. The molecule has 3 unspecified atom stereocenters. The molecule has 3 atom stereocenters. The highest BCUT2D eigenvalue weighted by Crippen LogP contribution is 2.32. The van der Waals surface area contributed by atoms with Gasteiger partial charge in [0.05, 0.1) is 12.0 Å². The summed E-state index contributed by atoms with van der Waals surface area (Å²) >= 11 is 0. The summed E-state index contributed by atoms with van der Waals surface area (Å²) in [4.78, 5) is 11.0. The Hall–Kier alpha value is -1.87. The highest BCUT2D eigenvalue weighted by molar-refractivity contribution is 5.86. The van der Waals surface area contributed by atoms with Crippen LogP contribution in [0.25, 0.3) is 10.8 Å². The minimum absolute atomic E-state index is 0.344. The van der Waals surface area contributed by atoms with Crippen molar-refractivity contribution >= 4 is 16.7 Å². The summed E-state index contributed by atoms with van der Waals surface area (Å²) in [6.07, 6.45) is -0.780. The van der Waals surface area contributed by atoms with Gasteiger partial charge in [-0.2, -0.15) is 0 Å². The number of hydrogen-bond donors (Lipinski definition) is 2. The number of aliphatic hydroxyl groups excluding tert-OH is 1. The summed E-state index contributed by atoms with van der Waals surface area (Å²) in [5.41, 5.74) is 0.790. The Morgan fingerprint density at radius 3 is 2.37 bits per heavy atom. The summed E-state index contributed by atoms with van der Waals surface area (Å²) in [6.45, 7) is 3.40. The standard InChI is InChI=1S/C16H18O3/c1-10(11(2)16(18)19)15(17)14-9-5-7-12-6-3-4-8-13(12)14/h3-11,15,17H,1-2H3,(H,18,19). The highest BCUT2D eigenvalue weighted by Gasteiger charge is 2.27. The first kappa shape index (κ1) is 13.6. The van der Waals surface area contributed by atoms with Gasteiger partial charge < -0.3 is 10.2 Å². The number of fused-ring (bicyclic) bond motifs is 1. The van der Waals surface area contributed by atoms with Gasteiger partial charge in [0.25, 0.3) is 0 Å². The second-order valence-electron chi connectivity index (χ2n) is 5.00. The van der Waals surface area contributed by atoms with Gasteiger partial charge in [-0.25, -0.2) is 0 Å². The molecule has 0 fully saturated rings. The van der Waals surface area contributed by atoms with E-state index in [4.69, 9.17) is 5.11 Å². The highest BCUT2D eigenvalue weighted by atomic mass is 16.4. The second kappa shape index (κ2) is 5.41. The maximum absolute atomic E-state index is 11.0. The van der Waals surface area contributed by atoms with Gasteiger partial charge in [-0.05, 0) is 22.3 Å². The third-order valence-corrected chi connectivity index (χ3v) is 3.82. The largest absolute Gasteiger partial charge is 0.481 e. The molecule has 3 nitrogen and oxygen atoms in total. The minimum atomic E-state index is -0.883. The van der Waals surface area contributed by atoms with Crippen molar-refractivity contribution < 1.29 is 15.0 Å². The molecule has 2 N–H and O–H groups in total. The van der Waals surface area contributed by atoms with Gasteiger partial charge in [-0.15, -0.1) is 0 Å². The Balaban J connectivity index is 2.41. The molecule has 0 amide bonds. The van der Waals surface area contributed by atoms with Crippen molar-refractivity contribution in [1.82, 2.24) is 0 Å². The smallest absolute Gasteiger partial charge is 0.306 e. The molecule has 0 aliphatic heterocycles. The third-order valence-electron chi connectivity index (χ3n) is 3.82. The molecule has 0 saturated heterocycles. The van der Waals surface area contributed by atoms with E-state index in [1.54, 1.807) is 13.8 Å². The number of aliphatic hydroxyl groups is 1. The lowest BCUT2D eigenvalue weighted by molar-refractivity contribution is -0.144. The van der Waals surface area contributed by atoms with E-state index in [2.05, 4.69) is 0 Å². The zero-order chi connectivity index (χ0) is 14.0. The molecule has 2 rings (SSSR count). The molecule has 0 saturated carbocycles. The van der Waals surface area contributed by atoms with E-state index in [9.17, 15) is 9.90 Å². The number of hydrogen-bond acceptors (Lipinski definition) is 2. The lowest BCUT2D eigenvalue weighted by atomic mass is 9.85. The van der Waals surface area contributed by atoms with Crippen LogP contribution in [0, 0.1) is 11.8 Å². The zero-order valence-corrected chi connectivity index (χ0v) is 11.1. The lowest BCUT2D eigenvalue weighted by Gasteiger charge is -2.23. The van der Waals surface area contributed by atoms with Crippen molar-refractivity contribution in [2.75, 3.05) is 0 Å². The fourth-order valence-corrected chi connectivity index (χ4v) is 2.29. The number of carbonyl (C=O) groups is 1. The van der Waals surface area contributed by atoms with E-state index in [0.717, 1.165) is 16.3 Å². The van der Waals surface area contributed by atoms with Crippen LogP contribution in [0.15, 0.2) is 42.5 Å². The molecule has 0 spiro atoms. The van der Waals surface area contributed by atoms with E-state index >= 15 is 0 Å². The quantitative estimate of drug-likeness (QED) is 0.885. The van der Waals surface area contributed by atoms with Crippen LogP contribution < -0.4 is 0 Å². The molecule has 0 aromatic heterocycles. The second-order valence-corrected chi connectivity index (χ2v) is 5.00. The summed E-state index contributed by atoms with van der Waals surface area (Å²) in [5, 5.41) is 21.5. The molecule has 0 aliphatic carbocycles. The summed E-state index contributed by atoms with van der Waals surface area (Å²) in [6, 6.07) is 13.5. The Bertz CT molecular complexity index is 586. The van der Waals surface area contributed by atoms with Crippen molar-refractivity contribution in [2.24, 2.45) is 11.8 Å². The van der Waals surface area contributed by atoms with Gasteiger partial charge in [0, 0.05) is 0 Å². The summed E-state index contributed by atoms with van der Waals surface area (Å²) in [5.74, 6) is -1.82. The van der Waals surface area contributed by atoms with E-state index in [1.165, 1.54) is 0 Å². The van der Waals surface area contributed by atoms with E-state index < -0.39 is 18.0 Å². The molecular formula is C16H18O3. The van der Waals surface area contributed by atoms with E-state index in [1.807, 2.05) is 42.5 Å². The van der Waals surface area contributed by atoms with Gasteiger partial charge in [-0.3, -0.25) is 4.79 Å². The predicted molar refractivity (Wildman–Crippen MR) is 74.9 cm³/mol. The molecule has 0 aliphatic rings. The number of carboxylic acid groups (broad SMARTS) is 1. The first-order valence-electron chi connectivity index (χ1n) is 6.41. The van der Waals surface area contributed by atoms with Crippen molar-refractivity contribution in [3.63, 3.8) is 0 Å². The van der Waals surface area contributed by atoms with Crippen LogP contribution in [0.1, 0.15) is 25.5 Å². The first-order chi connectivity index (χ1) is 9.02.